The molecular weight excluding hydrogens is 377 g/mol. The summed E-state index contributed by atoms with van der Waals surface area (Å²) in [6, 6.07) is 16.5. The summed E-state index contributed by atoms with van der Waals surface area (Å²) in [7, 11) is 0. The maximum atomic E-state index is 13.8. The van der Waals surface area contributed by atoms with E-state index in [4.69, 9.17) is 9.15 Å². The Morgan fingerprint density at radius 1 is 1.14 bits per heavy atom. The molecule has 4 rings (SSSR count). The number of nitrogens with zero attached hydrogens (tertiary/aromatic N) is 2. The zero-order valence-electron chi connectivity index (χ0n) is 15.2. The van der Waals surface area contributed by atoms with Gasteiger partial charge in [0.15, 0.2) is 6.61 Å². The van der Waals surface area contributed by atoms with Crippen molar-refractivity contribution in [3.8, 4) is 17.1 Å². The van der Waals surface area contributed by atoms with Gasteiger partial charge in [-0.05, 0) is 36.4 Å². The molecule has 0 saturated heterocycles. The number of fused-ring (bicyclic) bond motifs is 1. The van der Waals surface area contributed by atoms with E-state index < -0.39 is 11.7 Å². The van der Waals surface area contributed by atoms with Gasteiger partial charge < -0.3 is 9.15 Å². The molecule has 0 aliphatic carbocycles. The normalized spacial score (nSPS) is 13.3. The molecule has 0 spiro atoms. The van der Waals surface area contributed by atoms with Crippen molar-refractivity contribution >= 4 is 23.7 Å². The highest BCUT2D eigenvalue weighted by molar-refractivity contribution is 6.02. The Kier molecular flexibility index (Phi) is 5.07. The average molecular weight is 393 g/mol. The Morgan fingerprint density at radius 2 is 1.93 bits per heavy atom. The summed E-state index contributed by atoms with van der Waals surface area (Å²) in [6.45, 7) is -0.325. The quantitative estimate of drug-likeness (QED) is 0.534. The first kappa shape index (κ1) is 18.4. The van der Waals surface area contributed by atoms with Crippen LogP contribution in [0.4, 0.5) is 10.1 Å². The molecule has 146 valence electrons. The molecule has 1 N–H and O–H groups in total. The number of hydrogen-bond donors (Lipinski definition) is 1. The van der Waals surface area contributed by atoms with Crippen LogP contribution in [-0.4, -0.2) is 31.2 Å². The number of nitrogens with one attached hydrogen (secondary N) is 1. The van der Waals surface area contributed by atoms with Crippen molar-refractivity contribution in [2.75, 3.05) is 18.1 Å². The zero-order valence-corrected chi connectivity index (χ0v) is 15.2. The van der Waals surface area contributed by atoms with Crippen molar-refractivity contribution in [2.24, 2.45) is 5.10 Å². The molecule has 0 atom stereocenters. The lowest BCUT2D eigenvalue weighted by molar-refractivity contribution is -0.125. The van der Waals surface area contributed by atoms with Crippen molar-refractivity contribution in [1.29, 1.82) is 0 Å². The highest BCUT2D eigenvalue weighted by atomic mass is 19.1. The molecule has 0 bridgehead atoms. The van der Waals surface area contributed by atoms with Crippen LogP contribution < -0.4 is 15.1 Å². The van der Waals surface area contributed by atoms with Crippen LogP contribution in [0, 0.1) is 5.82 Å². The highest BCUT2D eigenvalue weighted by Gasteiger charge is 2.26. The lowest BCUT2D eigenvalue weighted by Gasteiger charge is -2.28. The van der Waals surface area contributed by atoms with Gasteiger partial charge in [0.05, 0.1) is 17.5 Å². The number of para-hydroxylation sites is 2. The summed E-state index contributed by atoms with van der Waals surface area (Å²) < 4.78 is 24.7. The van der Waals surface area contributed by atoms with Crippen LogP contribution in [-0.2, 0) is 9.59 Å². The SMILES string of the molecule is O=C(CN1C(=O)COc2ccccc21)N/N=C\c1ccc(-c2ccccc2F)o1. The van der Waals surface area contributed by atoms with Crippen LogP contribution in [0.25, 0.3) is 11.3 Å². The van der Waals surface area contributed by atoms with Crippen LogP contribution in [0.2, 0.25) is 0 Å². The molecule has 0 saturated carbocycles. The summed E-state index contributed by atoms with van der Waals surface area (Å²) in [4.78, 5) is 25.6. The van der Waals surface area contributed by atoms with Crippen LogP contribution in [0.15, 0.2) is 70.2 Å². The van der Waals surface area contributed by atoms with Gasteiger partial charge in [0.2, 0.25) is 0 Å². The van der Waals surface area contributed by atoms with E-state index in [0.717, 1.165) is 0 Å². The van der Waals surface area contributed by atoms with Crippen LogP contribution in [0.5, 0.6) is 5.75 Å². The third-order valence-corrected chi connectivity index (χ3v) is 4.26. The standard InChI is InChI=1S/C21H16FN3O4/c22-16-6-2-1-5-15(16)18-10-9-14(29-18)11-23-24-20(26)12-25-17-7-3-4-8-19(17)28-13-21(25)27/h1-11H,12-13H2,(H,24,26)/b23-11-. The third kappa shape index (κ3) is 4.01. The van der Waals surface area contributed by atoms with Gasteiger partial charge in [-0.1, -0.05) is 24.3 Å². The summed E-state index contributed by atoms with van der Waals surface area (Å²) in [5.74, 6) is 0.0482. The monoisotopic (exact) mass is 393 g/mol. The molecule has 0 fully saturated rings. The molecule has 1 aliphatic heterocycles. The molecule has 1 aliphatic rings. The minimum atomic E-state index is -0.479. The molecule has 2 aromatic carbocycles. The van der Waals surface area contributed by atoms with Gasteiger partial charge >= 0.3 is 0 Å². The number of hydrazone groups is 1. The molecule has 2 heterocycles. The lowest BCUT2D eigenvalue weighted by atomic mass is 10.1. The van der Waals surface area contributed by atoms with E-state index in [9.17, 15) is 14.0 Å². The topological polar surface area (TPSA) is 84.1 Å². The predicted molar refractivity (Wildman–Crippen MR) is 104 cm³/mol. The largest absolute Gasteiger partial charge is 0.482 e. The molecule has 2 amide bonds. The zero-order chi connectivity index (χ0) is 20.2. The van der Waals surface area contributed by atoms with E-state index in [1.807, 2.05) is 0 Å². The summed E-state index contributed by atoms with van der Waals surface area (Å²) in [5, 5.41) is 3.84. The second-order valence-electron chi connectivity index (χ2n) is 6.21. The summed E-state index contributed by atoms with van der Waals surface area (Å²) >= 11 is 0. The number of benzene rings is 2. The maximum absolute atomic E-state index is 13.8. The Labute approximate surface area is 165 Å². The van der Waals surface area contributed by atoms with Crippen LogP contribution in [0.1, 0.15) is 5.76 Å². The van der Waals surface area contributed by atoms with Crippen LogP contribution >= 0.6 is 0 Å². The number of carbonyl (C=O) groups excluding carboxylic acids is 2. The van der Waals surface area contributed by atoms with Crippen LogP contribution in [0.3, 0.4) is 0 Å². The van der Waals surface area contributed by atoms with E-state index in [2.05, 4.69) is 10.5 Å². The van der Waals surface area contributed by atoms with Gasteiger partial charge in [0, 0.05) is 0 Å². The number of halogens is 1. The number of furan rings is 1. The lowest BCUT2D eigenvalue weighted by Crippen LogP contribution is -2.44. The van der Waals surface area contributed by atoms with E-state index >= 15 is 0 Å². The minimum absolute atomic E-state index is 0.126. The average Bonchev–Trinajstić information content (AvgIpc) is 3.19. The second kappa shape index (κ2) is 7.97. The van der Waals surface area contributed by atoms with Crippen molar-refractivity contribution in [3.05, 3.63) is 72.2 Å². The number of hydrogen-bond acceptors (Lipinski definition) is 5. The number of carbonyl (C=O) groups is 2. The summed E-state index contributed by atoms with van der Waals surface area (Å²) in [5.41, 5.74) is 3.22. The van der Waals surface area contributed by atoms with Crippen molar-refractivity contribution in [3.63, 3.8) is 0 Å². The van der Waals surface area contributed by atoms with E-state index in [0.29, 0.717) is 28.5 Å². The number of rotatable bonds is 5. The molecule has 0 radical (unpaired) electrons. The predicted octanol–water partition coefficient (Wildman–Crippen LogP) is 2.96. The fourth-order valence-electron chi connectivity index (χ4n) is 2.90. The molecular formula is C21H16FN3O4. The van der Waals surface area contributed by atoms with Gasteiger partial charge in [-0.25, -0.2) is 9.82 Å². The molecule has 7 nitrogen and oxygen atoms in total. The van der Waals surface area contributed by atoms with E-state index in [1.165, 1.54) is 17.2 Å². The molecule has 1 aromatic heterocycles. The van der Waals surface area contributed by atoms with E-state index in [-0.39, 0.29) is 19.1 Å². The number of anilines is 1. The van der Waals surface area contributed by atoms with Gasteiger partial charge in [0.25, 0.3) is 11.8 Å². The third-order valence-electron chi connectivity index (χ3n) is 4.26. The Morgan fingerprint density at radius 3 is 2.79 bits per heavy atom. The van der Waals surface area contributed by atoms with Gasteiger partial charge in [-0.3, -0.25) is 14.5 Å². The Hall–Kier alpha value is -3.94. The van der Waals surface area contributed by atoms with Crippen molar-refractivity contribution in [2.45, 2.75) is 0 Å². The van der Waals surface area contributed by atoms with Crippen molar-refractivity contribution < 1.29 is 23.1 Å². The van der Waals surface area contributed by atoms with Gasteiger partial charge in [-0.15, -0.1) is 0 Å². The number of amides is 2. The molecule has 8 heteroatoms. The second-order valence-corrected chi connectivity index (χ2v) is 6.21. The fourth-order valence-corrected chi connectivity index (χ4v) is 2.90. The highest BCUT2D eigenvalue weighted by Crippen LogP contribution is 2.31. The Balaban J connectivity index is 1.39. The maximum Gasteiger partial charge on any atom is 0.265 e. The molecule has 29 heavy (non-hydrogen) atoms. The smallest absolute Gasteiger partial charge is 0.265 e. The van der Waals surface area contributed by atoms with E-state index in [1.54, 1.807) is 54.6 Å². The van der Waals surface area contributed by atoms with Gasteiger partial charge in [0.1, 0.15) is 29.6 Å². The number of ether oxygens (including phenoxy) is 1. The van der Waals surface area contributed by atoms with Crippen molar-refractivity contribution in [1.82, 2.24) is 5.43 Å². The molecule has 0 unspecified atom stereocenters. The summed E-state index contributed by atoms with van der Waals surface area (Å²) in [6.07, 6.45) is 1.30. The first-order valence-corrected chi connectivity index (χ1v) is 8.80. The first-order chi connectivity index (χ1) is 14.1. The van der Waals surface area contributed by atoms with Gasteiger partial charge in [-0.2, -0.15) is 5.10 Å². The fraction of sp³-hybridized carbons (Fsp3) is 0.0952. The Bertz CT molecular complexity index is 1090. The first-order valence-electron chi connectivity index (χ1n) is 8.80. The molecule has 3 aromatic rings. The minimum Gasteiger partial charge on any atom is -0.482 e.